The van der Waals surface area contributed by atoms with Crippen molar-refractivity contribution in [3.05, 3.63) is 34.2 Å². The zero-order valence-electron chi connectivity index (χ0n) is 11.9. The summed E-state index contributed by atoms with van der Waals surface area (Å²) in [6.45, 7) is 1.04. The van der Waals surface area contributed by atoms with Crippen molar-refractivity contribution in [1.29, 1.82) is 0 Å². The molecule has 2 rings (SSSR count). The summed E-state index contributed by atoms with van der Waals surface area (Å²) in [5.41, 5.74) is 0.368. The summed E-state index contributed by atoms with van der Waals surface area (Å²) in [6.07, 6.45) is 7.97. The number of hydrogen-bond acceptors (Lipinski definition) is 3. The highest BCUT2D eigenvalue weighted by Crippen LogP contribution is 2.19. The molecule has 1 saturated carbocycles. The van der Waals surface area contributed by atoms with Crippen molar-refractivity contribution in [2.45, 2.75) is 38.2 Å². The lowest BCUT2D eigenvalue weighted by molar-refractivity contribution is 0.0299. The second-order valence-electron chi connectivity index (χ2n) is 5.25. The lowest BCUT2D eigenvalue weighted by Gasteiger charge is -2.22. The van der Waals surface area contributed by atoms with Crippen LogP contribution in [0.5, 0.6) is 0 Å². The first-order valence-corrected chi connectivity index (χ1v) is 7.23. The zero-order chi connectivity index (χ0) is 14.4. The Kier molecular flexibility index (Phi) is 5.35. The van der Waals surface area contributed by atoms with Crippen molar-refractivity contribution in [3.63, 3.8) is 0 Å². The molecule has 1 N–H and O–H groups in total. The van der Waals surface area contributed by atoms with Gasteiger partial charge in [-0.1, -0.05) is 19.3 Å². The average molecular weight is 278 g/mol. The second kappa shape index (κ2) is 7.24. The minimum atomic E-state index is -0.173. The molecule has 0 radical (unpaired) electrons. The summed E-state index contributed by atoms with van der Waals surface area (Å²) < 4.78 is 7.14. The molecule has 1 heterocycles. The van der Waals surface area contributed by atoms with Crippen LogP contribution in [0.3, 0.4) is 0 Å². The molecule has 1 aromatic heterocycles. The first-order valence-electron chi connectivity index (χ1n) is 7.23. The van der Waals surface area contributed by atoms with E-state index >= 15 is 0 Å². The molecule has 5 nitrogen and oxygen atoms in total. The molecular formula is C15H22N2O3. The third kappa shape index (κ3) is 4.20. The van der Waals surface area contributed by atoms with Crippen molar-refractivity contribution in [3.8, 4) is 0 Å². The van der Waals surface area contributed by atoms with Crippen LogP contribution in [0.2, 0.25) is 0 Å². The van der Waals surface area contributed by atoms with Gasteiger partial charge in [0.15, 0.2) is 0 Å². The fourth-order valence-corrected chi connectivity index (χ4v) is 2.45. The fraction of sp³-hybridized carbons (Fsp3) is 0.600. The van der Waals surface area contributed by atoms with E-state index in [1.807, 2.05) is 0 Å². The lowest BCUT2D eigenvalue weighted by atomic mass is 9.98. The molecule has 20 heavy (non-hydrogen) atoms. The SMILES string of the molecule is Cn1cc(C(=O)NCCOC2CCCCC2)ccc1=O. The van der Waals surface area contributed by atoms with Gasteiger partial charge in [0.2, 0.25) is 5.56 Å². The summed E-state index contributed by atoms with van der Waals surface area (Å²) in [6, 6.07) is 2.94. The summed E-state index contributed by atoms with van der Waals surface area (Å²) in [4.78, 5) is 23.1. The predicted molar refractivity (Wildman–Crippen MR) is 76.8 cm³/mol. The molecule has 0 unspecified atom stereocenters. The Morgan fingerprint density at radius 2 is 2.10 bits per heavy atom. The molecule has 1 amide bonds. The summed E-state index contributed by atoms with van der Waals surface area (Å²) in [5, 5.41) is 2.81. The van der Waals surface area contributed by atoms with Gasteiger partial charge >= 0.3 is 0 Å². The van der Waals surface area contributed by atoms with Gasteiger partial charge in [0, 0.05) is 25.9 Å². The van der Waals surface area contributed by atoms with Gasteiger partial charge < -0.3 is 14.6 Å². The van der Waals surface area contributed by atoms with Gasteiger partial charge in [0.05, 0.1) is 18.3 Å². The van der Waals surface area contributed by atoms with Crippen LogP contribution in [-0.4, -0.2) is 29.7 Å². The van der Waals surface area contributed by atoms with E-state index in [9.17, 15) is 9.59 Å². The van der Waals surface area contributed by atoms with Crippen molar-refractivity contribution < 1.29 is 9.53 Å². The number of rotatable bonds is 5. The molecule has 0 atom stereocenters. The predicted octanol–water partition coefficient (Wildman–Crippen LogP) is 1.46. The van der Waals surface area contributed by atoms with E-state index in [0.717, 1.165) is 12.8 Å². The number of carbonyl (C=O) groups excluding carboxylic acids is 1. The molecule has 0 aliphatic heterocycles. The summed E-state index contributed by atoms with van der Waals surface area (Å²) >= 11 is 0. The van der Waals surface area contributed by atoms with Crippen LogP contribution in [0, 0.1) is 0 Å². The topological polar surface area (TPSA) is 60.3 Å². The Morgan fingerprint density at radius 3 is 2.80 bits per heavy atom. The van der Waals surface area contributed by atoms with E-state index in [0.29, 0.717) is 24.8 Å². The Hall–Kier alpha value is -1.62. The summed E-state index contributed by atoms with van der Waals surface area (Å²) in [7, 11) is 1.63. The Bertz CT molecular complexity index is 504. The van der Waals surface area contributed by atoms with Crippen molar-refractivity contribution in [2.24, 2.45) is 7.05 Å². The minimum Gasteiger partial charge on any atom is -0.376 e. The highest BCUT2D eigenvalue weighted by Gasteiger charge is 2.13. The first kappa shape index (κ1) is 14.8. The van der Waals surface area contributed by atoms with Crippen molar-refractivity contribution in [1.82, 2.24) is 9.88 Å². The lowest BCUT2D eigenvalue weighted by Crippen LogP contribution is -2.30. The summed E-state index contributed by atoms with van der Waals surface area (Å²) in [5.74, 6) is -0.173. The maximum atomic E-state index is 11.9. The molecule has 110 valence electrons. The number of hydrogen-bond donors (Lipinski definition) is 1. The normalized spacial score (nSPS) is 16.1. The number of pyridine rings is 1. The third-order valence-corrected chi connectivity index (χ3v) is 3.64. The van der Waals surface area contributed by atoms with Gasteiger partial charge in [-0.15, -0.1) is 0 Å². The number of aromatic nitrogens is 1. The van der Waals surface area contributed by atoms with Crippen LogP contribution in [0.1, 0.15) is 42.5 Å². The fourth-order valence-electron chi connectivity index (χ4n) is 2.45. The monoisotopic (exact) mass is 278 g/mol. The van der Waals surface area contributed by atoms with E-state index in [-0.39, 0.29) is 11.5 Å². The highest BCUT2D eigenvalue weighted by atomic mass is 16.5. The number of amides is 1. The number of ether oxygens (including phenoxy) is 1. The second-order valence-corrected chi connectivity index (χ2v) is 5.25. The first-order chi connectivity index (χ1) is 9.66. The van der Waals surface area contributed by atoms with Gasteiger partial charge in [-0.25, -0.2) is 0 Å². The van der Waals surface area contributed by atoms with E-state index in [2.05, 4.69) is 5.32 Å². The molecule has 0 saturated heterocycles. The van der Waals surface area contributed by atoms with Crippen LogP contribution < -0.4 is 10.9 Å². The minimum absolute atomic E-state index is 0.123. The standard InChI is InChI=1S/C15H22N2O3/c1-17-11-12(7-8-14(17)18)15(19)16-9-10-20-13-5-3-2-4-6-13/h7-8,11,13H,2-6,9-10H2,1H3,(H,16,19). The number of nitrogens with one attached hydrogen (secondary N) is 1. The number of carbonyl (C=O) groups is 1. The van der Waals surface area contributed by atoms with Crippen LogP contribution in [-0.2, 0) is 11.8 Å². The molecule has 0 bridgehead atoms. The number of aryl methyl sites for hydroxylation is 1. The largest absolute Gasteiger partial charge is 0.376 e. The van der Waals surface area contributed by atoms with Crippen LogP contribution in [0.4, 0.5) is 0 Å². The maximum absolute atomic E-state index is 11.9. The van der Waals surface area contributed by atoms with Crippen molar-refractivity contribution in [2.75, 3.05) is 13.2 Å². The molecule has 0 spiro atoms. The molecule has 1 aliphatic rings. The Balaban J connectivity index is 1.71. The zero-order valence-corrected chi connectivity index (χ0v) is 11.9. The van der Waals surface area contributed by atoms with Crippen LogP contribution in [0.15, 0.2) is 23.1 Å². The molecule has 5 heteroatoms. The van der Waals surface area contributed by atoms with E-state index in [4.69, 9.17) is 4.74 Å². The molecule has 1 fully saturated rings. The van der Waals surface area contributed by atoms with E-state index in [1.165, 1.54) is 29.9 Å². The third-order valence-electron chi connectivity index (χ3n) is 3.64. The smallest absolute Gasteiger partial charge is 0.252 e. The maximum Gasteiger partial charge on any atom is 0.252 e. The quantitative estimate of drug-likeness (QED) is 0.830. The van der Waals surface area contributed by atoms with Gasteiger partial charge in [-0.3, -0.25) is 9.59 Å². The Labute approximate surface area is 118 Å². The van der Waals surface area contributed by atoms with Gasteiger partial charge in [0.1, 0.15) is 0 Å². The average Bonchev–Trinajstić information content (AvgIpc) is 2.47. The van der Waals surface area contributed by atoms with Gasteiger partial charge in [-0.05, 0) is 18.9 Å². The molecule has 0 aromatic carbocycles. The highest BCUT2D eigenvalue weighted by molar-refractivity contribution is 5.93. The van der Waals surface area contributed by atoms with Crippen LogP contribution in [0.25, 0.3) is 0 Å². The van der Waals surface area contributed by atoms with E-state index in [1.54, 1.807) is 19.3 Å². The number of nitrogens with zero attached hydrogens (tertiary/aromatic N) is 1. The van der Waals surface area contributed by atoms with Gasteiger partial charge in [-0.2, -0.15) is 0 Å². The molecule has 1 aromatic rings. The van der Waals surface area contributed by atoms with E-state index < -0.39 is 0 Å². The molecular weight excluding hydrogens is 256 g/mol. The van der Waals surface area contributed by atoms with Crippen LogP contribution >= 0.6 is 0 Å². The van der Waals surface area contributed by atoms with Gasteiger partial charge in [0.25, 0.3) is 5.91 Å². The Morgan fingerprint density at radius 1 is 1.35 bits per heavy atom. The molecule has 1 aliphatic carbocycles. The van der Waals surface area contributed by atoms with Crippen molar-refractivity contribution >= 4 is 5.91 Å².